The highest BCUT2D eigenvalue weighted by Gasteiger charge is 2.34. The fourth-order valence-electron chi connectivity index (χ4n) is 3.99. The Morgan fingerprint density at radius 2 is 1.83 bits per heavy atom. The molecule has 2 heterocycles. The standard InChI is InChI=1S/C25H26FN5O4/c1-15(2)16-5-8-18(9-6-16)27-25(35)30-12-3-4-21(30)23(32)28-22-11-13-31(29-22)20-10-7-17(24(33)34)14-19(20)26/h5-11,13-15,21H,3-4,12H2,1-2H3,(H,27,35)(H,33,34)(H,28,29,32)/t21-/m0/s1. The van der Waals surface area contributed by atoms with Crippen LogP contribution >= 0.6 is 0 Å². The molecule has 35 heavy (non-hydrogen) atoms. The molecule has 1 fully saturated rings. The van der Waals surface area contributed by atoms with E-state index in [-0.39, 0.29) is 29.0 Å². The highest BCUT2D eigenvalue weighted by atomic mass is 19.1. The number of likely N-dealkylation sites (tertiary alicyclic amines) is 1. The quantitative estimate of drug-likeness (QED) is 0.482. The Bertz CT molecular complexity index is 1250. The molecule has 10 heteroatoms. The van der Waals surface area contributed by atoms with Gasteiger partial charge in [-0.15, -0.1) is 5.10 Å². The molecule has 1 aromatic heterocycles. The molecule has 1 saturated heterocycles. The van der Waals surface area contributed by atoms with Crippen molar-refractivity contribution in [1.82, 2.24) is 14.7 Å². The van der Waals surface area contributed by atoms with Crippen LogP contribution in [0.5, 0.6) is 0 Å². The lowest BCUT2D eigenvalue weighted by atomic mass is 10.0. The Kier molecular flexibility index (Phi) is 6.81. The second-order valence-electron chi connectivity index (χ2n) is 8.66. The summed E-state index contributed by atoms with van der Waals surface area (Å²) in [5.41, 5.74) is 1.68. The van der Waals surface area contributed by atoms with Gasteiger partial charge in [-0.3, -0.25) is 4.79 Å². The number of urea groups is 1. The molecule has 1 aliphatic rings. The van der Waals surface area contributed by atoms with Crippen LogP contribution in [-0.2, 0) is 4.79 Å². The van der Waals surface area contributed by atoms with E-state index in [0.717, 1.165) is 6.07 Å². The maximum atomic E-state index is 14.3. The molecule has 182 valence electrons. The first-order chi connectivity index (χ1) is 16.7. The SMILES string of the molecule is CC(C)c1ccc(NC(=O)N2CCC[C@H]2C(=O)Nc2ccn(-c3ccc(C(=O)O)cc3F)n2)cc1. The van der Waals surface area contributed by atoms with Crippen LogP contribution in [0.1, 0.15) is 48.5 Å². The van der Waals surface area contributed by atoms with E-state index in [0.29, 0.717) is 31.0 Å². The summed E-state index contributed by atoms with van der Waals surface area (Å²) in [5.74, 6) is -1.81. The molecule has 4 rings (SSSR count). The van der Waals surface area contributed by atoms with Gasteiger partial charge in [0.2, 0.25) is 5.91 Å². The molecule has 3 amide bonds. The second kappa shape index (κ2) is 9.96. The predicted octanol–water partition coefficient (Wildman–Crippen LogP) is 4.47. The van der Waals surface area contributed by atoms with Gasteiger partial charge in [0.15, 0.2) is 5.82 Å². The summed E-state index contributed by atoms with van der Waals surface area (Å²) in [6, 6.07) is 11.6. The van der Waals surface area contributed by atoms with Crippen molar-refractivity contribution in [2.24, 2.45) is 0 Å². The summed E-state index contributed by atoms with van der Waals surface area (Å²) in [4.78, 5) is 38.2. The van der Waals surface area contributed by atoms with E-state index in [4.69, 9.17) is 5.11 Å². The maximum absolute atomic E-state index is 14.3. The number of anilines is 2. The van der Waals surface area contributed by atoms with Crippen molar-refractivity contribution in [3.63, 3.8) is 0 Å². The van der Waals surface area contributed by atoms with E-state index in [9.17, 15) is 18.8 Å². The van der Waals surface area contributed by atoms with E-state index in [2.05, 4.69) is 29.6 Å². The van der Waals surface area contributed by atoms with E-state index >= 15 is 0 Å². The summed E-state index contributed by atoms with van der Waals surface area (Å²) >= 11 is 0. The van der Waals surface area contributed by atoms with Crippen LogP contribution in [0, 0.1) is 5.82 Å². The summed E-state index contributed by atoms with van der Waals surface area (Å²) in [5, 5.41) is 18.7. The van der Waals surface area contributed by atoms with Crippen LogP contribution in [0.3, 0.4) is 0 Å². The van der Waals surface area contributed by atoms with Gasteiger partial charge in [0, 0.05) is 24.5 Å². The van der Waals surface area contributed by atoms with Crippen LogP contribution in [-0.4, -0.2) is 50.3 Å². The number of hydrogen-bond donors (Lipinski definition) is 3. The van der Waals surface area contributed by atoms with Crippen molar-refractivity contribution in [1.29, 1.82) is 0 Å². The molecular formula is C25H26FN5O4. The molecule has 3 N–H and O–H groups in total. The molecule has 9 nitrogen and oxygen atoms in total. The van der Waals surface area contributed by atoms with Crippen molar-refractivity contribution in [3.8, 4) is 5.69 Å². The Balaban J connectivity index is 1.41. The number of carbonyl (C=O) groups excluding carboxylic acids is 2. The molecule has 0 unspecified atom stereocenters. The second-order valence-corrected chi connectivity index (χ2v) is 8.66. The number of rotatable bonds is 6. The molecule has 0 saturated carbocycles. The number of nitrogens with one attached hydrogen (secondary N) is 2. The third-order valence-corrected chi connectivity index (χ3v) is 5.93. The number of aromatic carboxylic acids is 1. The lowest BCUT2D eigenvalue weighted by Gasteiger charge is -2.24. The van der Waals surface area contributed by atoms with Gasteiger partial charge in [-0.05, 0) is 54.7 Å². The van der Waals surface area contributed by atoms with Crippen molar-refractivity contribution < 1.29 is 23.9 Å². The molecule has 0 bridgehead atoms. The fraction of sp³-hybridized carbons (Fsp3) is 0.280. The highest BCUT2D eigenvalue weighted by molar-refractivity contribution is 5.99. The zero-order valence-electron chi connectivity index (χ0n) is 19.4. The third-order valence-electron chi connectivity index (χ3n) is 5.93. The topological polar surface area (TPSA) is 117 Å². The fourth-order valence-corrected chi connectivity index (χ4v) is 3.99. The van der Waals surface area contributed by atoms with Crippen LogP contribution in [0.25, 0.3) is 5.69 Å². The number of nitrogens with zero attached hydrogens (tertiary/aromatic N) is 3. The molecule has 1 atom stereocenters. The predicted molar refractivity (Wildman–Crippen MR) is 128 cm³/mol. The largest absolute Gasteiger partial charge is 0.478 e. The Hall–Kier alpha value is -4.21. The van der Waals surface area contributed by atoms with Crippen LogP contribution in [0.2, 0.25) is 0 Å². The summed E-state index contributed by atoms with van der Waals surface area (Å²) in [6.45, 7) is 4.63. The Labute approximate surface area is 201 Å². The highest BCUT2D eigenvalue weighted by Crippen LogP contribution is 2.23. The van der Waals surface area contributed by atoms with Crippen molar-refractivity contribution in [2.45, 2.75) is 38.6 Å². The minimum absolute atomic E-state index is 0.0425. The third kappa shape index (κ3) is 5.32. The molecule has 1 aliphatic heterocycles. The van der Waals surface area contributed by atoms with Gasteiger partial charge in [0.1, 0.15) is 17.5 Å². The first-order valence-electron chi connectivity index (χ1n) is 11.3. The van der Waals surface area contributed by atoms with Crippen molar-refractivity contribution >= 4 is 29.4 Å². The number of carboxylic acids is 1. The number of aromatic nitrogens is 2. The Morgan fingerprint density at radius 1 is 1.09 bits per heavy atom. The van der Waals surface area contributed by atoms with Crippen molar-refractivity contribution in [2.75, 3.05) is 17.2 Å². The van der Waals surface area contributed by atoms with Gasteiger partial charge in [0.25, 0.3) is 0 Å². The number of amides is 3. The molecule has 0 spiro atoms. The molecular weight excluding hydrogens is 453 g/mol. The molecule has 3 aromatic rings. The lowest BCUT2D eigenvalue weighted by Crippen LogP contribution is -2.45. The van der Waals surface area contributed by atoms with E-state index < -0.39 is 17.8 Å². The van der Waals surface area contributed by atoms with Crippen LogP contribution < -0.4 is 10.6 Å². The van der Waals surface area contributed by atoms with Crippen LogP contribution in [0.4, 0.5) is 20.7 Å². The van der Waals surface area contributed by atoms with E-state index in [1.54, 1.807) is 0 Å². The average Bonchev–Trinajstić information content (AvgIpc) is 3.49. The number of hydrogen-bond acceptors (Lipinski definition) is 4. The minimum Gasteiger partial charge on any atom is -0.478 e. The number of benzene rings is 2. The zero-order chi connectivity index (χ0) is 25.1. The van der Waals surface area contributed by atoms with Gasteiger partial charge < -0.3 is 20.6 Å². The van der Waals surface area contributed by atoms with Crippen molar-refractivity contribution in [3.05, 3.63) is 71.7 Å². The van der Waals surface area contributed by atoms with Gasteiger partial charge >= 0.3 is 12.0 Å². The summed E-state index contributed by atoms with van der Waals surface area (Å²) in [7, 11) is 0. The van der Waals surface area contributed by atoms with Gasteiger partial charge in [-0.25, -0.2) is 18.7 Å². The summed E-state index contributed by atoms with van der Waals surface area (Å²) in [6.07, 6.45) is 2.65. The minimum atomic E-state index is -1.23. The maximum Gasteiger partial charge on any atom is 0.335 e. The average molecular weight is 480 g/mol. The first kappa shape index (κ1) is 23.9. The number of carboxylic acid groups (broad SMARTS) is 1. The zero-order valence-corrected chi connectivity index (χ0v) is 19.4. The van der Waals surface area contributed by atoms with Gasteiger partial charge in [-0.2, -0.15) is 0 Å². The first-order valence-corrected chi connectivity index (χ1v) is 11.3. The summed E-state index contributed by atoms with van der Waals surface area (Å²) < 4.78 is 15.5. The Morgan fingerprint density at radius 3 is 2.49 bits per heavy atom. The monoisotopic (exact) mass is 479 g/mol. The van der Waals surface area contributed by atoms with Gasteiger partial charge in [0.05, 0.1) is 5.56 Å². The lowest BCUT2D eigenvalue weighted by molar-refractivity contribution is -0.119. The van der Waals surface area contributed by atoms with Gasteiger partial charge in [-0.1, -0.05) is 26.0 Å². The van der Waals surface area contributed by atoms with E-state index in [1.807, 2.05) is 24.3 Å². The smallest absolute Gasteiger partial charge is 0.335 e. The van der Waals surface area contributed by atoms with E-state index in [1.165, 1.54) is 39.5 Å². The number of halogens is 1. The normalized spacial score (nSPS) is 15.3. The molecule has 0 radical (unpaired) electrons. The van der Waals surface area contributed by atoms with Crippen LogP contribution in [0.15, 0.2) is 54.7 Å². The molecule has 0 aliphatic carbocycles. The molecule has 2 aromatic carbocycles. The number of carbonyl (C=O) groups is 3.